The van der Waals surface area contributed by atoms with E-state index in [1.165, 1.54) is 0 Å². The molecule has 0 atom stereocenters. The van der Waals surface area contributed by atoms with Gasteiger partial charge < -0.3 is 13.6 Å². The third-order valence-corrected chi connectivity index (χ3v) is 9.91. The fourth-order valence-electron chi connectivity index (χ4n) is 7.33. The number of benzene rings is 9. The maximum absolute atomic E-state index is 10.2. The summed E-state index contributed by atoms with van der Waals surface area (Å²) in [7, 11) is 0. The first-order chi connectivity index (χ1) is 45.8. The van der Waals surface area contributed by atoms with E-state index in [2.05, 4.69) is 15.0 Å². The van der Waals surface area contributed by atoms with Crippen LogP contribution in [0.4, 0.5) is 0 Å². The molecule has 0 spiro atoms. The first kappa shape index (κ1) is 15.1. The highest BCUT2D eigenvalue weighted by Gasteiger charge is 2.24. The Kier molecular flexibility index (Phi) is 3.35. The Balaban J connectivity index is 1.26. The van der Waals surface area contributed by atoms with E-state index < -0.39 is 334 Å². The molecule has 0 aliphatic heterocycles. The largest absolute Gasteiger partial charge is 0.454 e. The molecule has 0 saturated carbocycles. The van der Waals surface area contributed by atoms with Gasteiger partial charge >= 0.3 is 0 Å². The minimum Gasteiger partial charge on any atom is -0.454 e. The van der Waals surface area contributed by atoms with E-state index in [4.69, 9.17) is 33.2 Å². The Morgan fingerprint density at radius 3 is 1.68 bits per heavy atom. The molecule has 0 N–H and O–H groups in total. The van der Waals surface area contributed by atoms with Crippen LogP contribution in [-0.2, 0) is 0 Å². The molecule has 63 heavy (non-hydrogen) atoms. The van der Waals surface area contributed by atoms with Crippen molar-refractivity contribution >= 4 is 65.6 Å². The number of fused-ring (bicyclic) bond motifs is 10. The lowest BCUT2D eigenvalue weighted by molar-refractivity contribution is 0.671. The highest BCUT2D eigenvalue weighted by Crippen LogP contribution is 2.44. The molecule has 0 aliphatic carbocycles. The molecule has 13 rings (SSSR count). The topological polar surface area (TPSA) is 61.7 Å². The van der Waals surface area contributed by atoms with Gasteiger partial charge in [0.25, 0.3) is 0 Å². The Bertz CT molecular complexity index is 5810. The predicted octanol–water partition coefficient (Wildman–Crippen LogP) is 14.6. The van der Waals surface area contributed by atoms with Crippen LogP contribution in [0.2, 0.25) is 0 Å². The molecule has 9 aromatic carbocycles. The molecule has 6 nitrogen and oxygen atoms in total. The second kappa shape index (κ2) is 14.0. The molecule has 4 aromatic heterocycles. The van der Waals surface area contributed by atoms with Crippen molar-refractivity contribution in [3.8, 4) is 56.7 Å². The van der Waals surface area contributed by atoms with E-state index in [1.54, 1.807) is 0 Å². The van der Waals surface area contributed by atoms with Crippen LogP contribution in [0.1, 0.15) is 48.0 Å². The summed E-state index contributed by atoms with van der Waals surface area (Å²) in [5, 5.41) is -4.08. The van der Waals surface area contributed by atoms with Gasteiger partial charge in [-0.15, -0.1) is 0 Å². The molecule has 294 valence electrons. The van der Waals surface area contributed by atoms with E-state index in [0.29, 0.717) is 9.13 Å². The van der Waals surface area contributed by atoms with E-state index in [-0.39, 0.29) is 0 Å². The van der Waals surface area contributed by atoms with Crippen molar-refractivity contribution < 1.29 is 52.4 Å². The quantitative estimate of drug-likeness (QED) is 0.167. The van der Waals surface area contributed by atoms with Gasteiger partial charge in [0.1, 0.15) is 5.58 Å². The van der Waals surface area contributed by atoms with E-state index >= 15 is 0 Å². The average molecular weight is 841 g/mol. The van der Waals surface area contributed by atoms with Gasteiger partial charge in [-0.1, -0.05) is 157 Å². The van der Waals surface area contributed by atoms with Crippen molar-refractivity contribution in [3.63, 3.8) is 0 Å². The molecule has 0 saturated heterocycles. The van der Waals surface area contributed by atoms with Gasteiger partial charge in [-0.05, 0) is 65.5 Å². The second-order valence-electron chi connectivity index (χ2n) is 13.3. The molecule has 0 aliphatic rings. The van der Waals surface area contributed by atoms with Crippen LogP contribution >= 0.6 is 0 Å². The van der Waals surface area contributed by atoms with Crippen molar-refractivity contribution in [3.05, 3.63) is 211 Å². The zero-order valence-corrected chi connectivity index (χ0v) is 31.1. The van der Waals surface area contributed by atoms with Gasteiger partial charge in [-0.2, -0.15) is 0 Å². The van der Waals surface area contributed by atoms with Crippen LogP contribution in [0, 0.1) is 0 Å². The number of rotatable bonds is 6. The summed E-state index contributed by atoms with van der Waals surface area (Å²) in [6.45, 7) is 0. The number of aromatic nitrogens is 5. The maximum atomic E-state index is 10.2. The van der Waals surface area contributed by atoms with Crippen LogP contribution in [0.15, 0.2) is 216 Å². The van der Waals surface area contributed by atoms with Crippen LogP contribution in [0.5, 0.6) is 0 Å². The molecule has 0 unspecified atom stereocenters. The summed E-state index contributed by atoms with van der Waals surface area (Å²) < 4.78 is 325. The zero-order chi connectivity index (χ0) is 71.9. The summed E-state index contributed by atoms with van der Waals surface area (Å²) in [6.07, 6.45) is 0. The number of hydrogen-bond donors (Lipinski definition) is 0. The lowest BCUT2D eigenvalue weighted by Gasteiger charge is -2.10. The Morgan fingerprint density at radius 2 is 0.952 bits per heavy atom. The molecule has 0 fully saturated rings. The number of nitrogens with zero attached hydrogens (tertiary/aromatic N) is 5. The monoisotopic (exact) mass is 841 g/mol. The van der Waals surface area contributed by atoms with Gasteiger partial charge in [-0.25, -0.2) is 15.0 Å². The number of hydrogen-bond acceptors (Lipinski definition) is 4. The van der Waals surface area contributed by atoms with Crippen molar-refractivity contribution in [2.75, 3.05) is 0 Å². The van der Waals surface area contributed by atoms with Crippen molar-refractivity contribution in [1.82, 2.24) is 24.1 Å². The predicted molar refractivity (Wildman–Crippen MR) is 258 cm³/mol. The molecule has 6 heteroatoms. The highest BCUT2D eigenvalue weighted by molar-refractivity contribution is 6.24. The molecule has 4 heterocycles. The van der Waals surface area contributed by atoms with Crippen molar-refractivity contribution in [1.29, 1.82) is 0 Å². The minimum atomic E-state index is -1.11. The first-order valence-corrected chi connectivity index (χ1v) is 18.3. The summed E-state index contributed by atoms with van der Waals surface area (Å²) in [4.78, 5) is 13.1. The molecule has 0 amide bonds. The van der Waals surface area contributed by atoms with Crippen molar-refractivity contribution in [2.24, 2.45) is 0 Å². The normalized spacial score (nSPS) is 19.6. The third-order valence-electron chi connectivity index (χ3n) is 9.91. The average Bonchev–Trinajstić information content (AvgIpc) is 1.52. The molecule has 0 bridgehead atoms. The van der Waals surface area contributed by atoms with Gasteiger partial charge in [0, 0.05) is 60.4 Å². The fourth-order valence-corrected chi connectivity index (χ4v) is 7.33. The summed E-state index contributed by atoms with van der Waals surface area (Å²) in [5.74, 6) is -2.76. The van der Waals surface area contributed by atoms with Crippen LogP contribution in [-0.4, -0.2) is 24.1 Å². The van der Waals surface area contributed by atoms with Gasteiger partial charge in [0.05, 0.1) is 70.0 Å². The summed E-state index contributed by atoms with van der Waals surface area (Å²) in [5.41, 5.74) is -10.4. The van der Waals surface area contributed by atoms with Gasteiger partial charge in [0.15, 0.2) is 23.1 Å². The molecular formula is C57H35N5O. The zero-order valence-electron chi connectivity index (χ0n) is 66.1. The third kappa shape index (κ3) is 5.55. The Labute approximate surface area is 410 Å². The first-order valence-electron chi connectivity index (χ1n) is 35.8. The minimum absolute atomic E-state index is 0.601. The molecular weight excluding hydrogens is 771 g/mol. The van der Waals surface area contributed by atoms with Gasteiger partial charge in [0.2, 0.25) is 0 Å². The number of para-hydroxylation sites is 2. The van der Waals surface area contributed by atoms with Gasteiger partial charge in [-0.3, -0.25) is 0 Å². The smallest absolute Gasteiger partial charge is 0.164 e. The highest BCUT2D eigenvalue weighted by atomic mass is 16.3. The second-order valence-corrected chi connectivity index (χ2v) is 13.3. The van der Waals surface area contributed by atoms with Crippen LogP contribution in [0.25, 0.3) is 122 Å². The number of furan rings is 1. The maximum Gasteiger partial charge on any atom is 0.164 e. The Morgan fingerprint density at radius 1 is 0.365 bits per heavy atom. The molecule has 0 radical (unpaired) electrons. The summed E-state index contributed by atoms with van der Waals surface area (Å²) in [6, 6.07) is -34.5. The van der Waals surface area contributed by atoms with E-state index in [9.17, 15) is 19.2 Å². The lowest BCUT2D eigenvalue weighted by atomic mass is 10.0. The lowest BCUT2D eigenvalue weighted by Crippen LogP contribution is -2.00. The van der Waals surface area contributed by atoms with E-state index in [0.717, 1.165) is 0 Å². The molecule has 13 aromatic rings. The van der Waals surface area contributed by atoms with Crippen molar-refractivity contribution in [2.45, 2.75) is 0 Å². The summed E-state index contributed by atoms with van der Waals surface area (Å²) >= 11 is 0. The Hall–Kier alpha value is -8.61. The fraction of sp³-hybridized carbons (Fsp3) is 0. The SMILES string of the molecule is [2H]c1c([2H])c([2H])c(-c2nc(-c3c([2H])c([2H])c([2H])c([2H])c3[2H])nc(-c3c([2H])c([2H])c([2H])c4c3c3c([2H])c([2H])c5c(oc6c([2H])c([2H])c(-n7c8c([2H])c([2H])c([2H])c([2H])c8c8c([2H])c([2H])c(-c9c([2H])c([2H])c([2H])c([2H])c9[2H])c([2H])c87)c([2H])c65)c3n4-c3c([2H])c([2H])c([2H])c([2H])c3[2H])n2)c([2H])c1[2H]. The standard InChI is InChI=1S/C57H35N5O/c1-5-16-36(17-6-1)39-28-30-43-42-24-13-14-26-48(42)61(50(43)34-39)41-29-33-51-47(35-41)44-31-32-45-52-46(25-15-27-49(52)62(53(45)54(44)63-51)40-22-11-4-12-23-40)57-59-55(37-18-7-2-8-19-37)58-56(60-57)38-20-9-3-10-21-38/h1-35H/i1D,2D,3D,4D,5D,6D,7D,8D,9D,10D,11D,12D,13D,14D,15D,16D,17D,18D,19D,20D,21D,22D,23D,24D,25D,26D,27D,28D,29D,30D,31D,32D,33D,34D,35D. The van der Waals surface area contributed by atoms with Crippen LogP contribution < -0.4 is 0 Å². The van der Waals surface area contributed by atoms with E-state index in [1.807, 2.05) is 0 Å². The van der Waals surface area contributed by atoms with Crippen LogP contribution in [0.3, 0.4) is 0 Å².